The Morgan fingerprint density at radius 3 is 2.28 bits per heavy atom. The normalized spacial score (nSPS) is 24.4. The van der Waals surface area contributed by atoms with Crippen molar-refractivity contribution >= 4 is 58.8 Å². The minimum Gasteiger partial charge on any atom is -0.507 e. The van der Waals surface area contributed by atoms with Gasteiger partial charge in [-0.05, 0) is 90.4 Å². The van der Waals surface area contributed by atoms with Crippen LogP contribution < -0.4 is 19.3 Å². The van der Waals surface area contributed by atoms with Gasteiger partial charge in [0.2, 0.25) is 23.6 Å². The molecule has 61 heavy (non-hydrogen) atoms. The maximum Gasteiger partial charge on any atom is 0.246 e. The molecule has 2 aliphatic carbocycles. The van der Waals surface area contributed by atoms with Crippen LogP contribution in [0.3, 0.4) is 0 Å². The topological polar surface area (TPSA) is 113 Å². The highest BCUT2D eigenvalue weighted by atomic mass is 35.5. The van der Waals surface area contributed by atoms with E-state index in [1.54, 1.807) is 62.8 Å². The summed E-state index contributed by atoms with van der Waals surface area (Å²) in [6.45, 7) is 3.89. The quantitative estimate of drug-likeness (QED) is 0.0848. The number of methoxy groups -OCH3 is 2. The summed E-state index contributed by atoms with van der Waals surface area (Å²) in [4.78, 5) is 62.5. The number of phenolic OH excluding ortho intramolecular Hbond substituents is 1. The van der Waals surface area contributed by atoms with Crippen molar-refractivity contribution in [2.24, 2.45) is 23.7 Å². The number of fused-ring (bicyclic) bond motifs is 4. The van der Waals surface area contributed by atoms with Gasteiger partial charge in [-0.3, -0.25) is 24.1 Å². The van der Waals surface area contributed by atoms with Crippen molar-refractivity contribution in [1.82, 2.24) is 0 Å². The van der Waals surface area contributed by atoms with E-state index < -0.39 is 46.8 Å². The van der Waals surface area contributed by atoms with Gasteiger partial charge in [0.05, 0.1) is 48.8 Å². The van der Waals surface area contributed by atoms with Crippen LogP contribution in [0.25, 0.3) is 12.2 Å². The lowest BCUT2D eigenvalue weighted by atomic mass is 9.49. The van der Waals surface area contributed by atoms with Crippen LogP contribution in [0.4, 0.5) is 11.4 Å². The van der Waals surface area contributed by atoms with Crippen LogP contribution in [0.1, 0.15) is 46.6 Å². The first kappa shape index (κ1) is 39.7. The van der Waals surface area contributed by atoms with Gasteiger partial charge in [-0.25, -0.2) is 4.90 Å². The van der Waals surface area contributed by atoms with Crippen LogP contribution in [0.5, 0.6) is 17.2 Å². The second-order valence-corrected chi connectivity index (χ2v) is 16.4. The molecule has 5 aromatic carbocycles. The van der Waals surface area contributed by atoms with Gasteiger partial charge in [0.15, 0.2) is 0 Å². The third-order valence-electron chi connectivity index (χ3n) is 13.0. The minimum atomic E-state index is -1.51. The maximum absolute atomic E-state index is 15.6. The zero-order valence-electron chi connectivity index (χ0n) is 33.7. The number of rotatable bonds is 10. The molecule has 9 rings (SSSR count). The predicted octanol–water partition coefficient (Wildman–Crippen LogP) is 9.33. The number of carbonyl (C=O) groups is 4. The molecule has 2 saturated heterocycles. The van der Waals surface area contributed by atoms with E-state index in [-0.39, 0.29) is 30.4 Å². The van der Waals surface area contributed by atoms with Crippen LogP contribution in [0, 0.1) is 23.7 Å². The van der Waals surface area contributed by atoms with E-state index in [2.05, 4.69) is 6.58 Å². The second-order valence-electron chi connectivity index (χ2n) is 16.0. The summed E-state index contributed by atoms with van der Waals surface area (Å²) in [7, 11) is 3.21. The minimum absolute atomic E-state index is 0.000945. The molecule has 1 N–H and O–H groups in total. The van der Waals surface area contributed by atoms with Crippen molar-refractivity contribution in [3.8, 4) is 17.2 Å². The zero-order chi connectivity index (χ0) is 42.6. The number of carbonyl (C=O) groups excluding carboxylic acids is 4. The lowest BCUT2D eigenvalue weighted by Gasteiger charge is -2.50. The number of hydrogen-bond donors (Lipinski definition) is 1. The summed E-state index contributed by atoms with van der Waals surface area (Å²) in [6, 6.07) is 34.1. The number of hydrogen-bond acceptors (Lipinski definition) is 7. The highest BCUT2D eigenvalue weighted by Crippen LogP contribution is 2.65. The Kier molecular flexibility index (Phi) is 10.2. The van der Waals surface area contributed by atoms with Gasteiger partial charge in [-0.1, -0.05) is 108 Å². The third-order valence-corrected chi connectivity index (χ3v) is 13.3. The smallest absolute Gasteiger partial charge is 0.246 e. The summed E-state index contributed by atoms with van der Waals surface area (Å²) >= 11 is 6.46. The number of para-hydroxylation sites is 1. The van der Waals surface area contributed by atoms with Gasteiger partial charge in [-0.2, -0.15) is 0 Å². The Hall–Kier alpha value is -6.71. The van der Waals surface area contributed by atoms with E-state index in [1.807, 2.05) is 91.0 Å². The molecule has 6 atom stereocenters. The molecule has 0 aromatic heterocycles. The van der Waals surface area contributed by atoms with E-state index in [1.165, 1.54) is 9.80 Å². The number of ether oxygens (including phenoxy) is 2. The van der Waals surface area contributed by atoms with Crippen molar-refractivity contribution in [2.45, 2.75) is 30.6 Å². The summed E-state index contributed by atoms with van der Waals surface area (Å²) < 4.78 is 10.9. The number of anilines is 2. The van der Waals surface area contributed by atoms with E-state index in [4.69, 9.17) is 21.1 Å². The fraction of sp³-hybridized carbons (Fsp3) is 0.216. The van der Waals surface area contributed by atoms with Gasteiger partial charge >= 0.3 is 0 Å². The van der Waals surface area contributed by atoms with Gasteiger partial charge in [-0.15, -0.1) is 6.58 Å². The van der Waals surface area contributed by atoms with Crippen molar-refractivity contribution < 1.29 is 33.8 Å². The van der Waals surface area contributed by atoms with Crippen molar-refractivity contribution in [2.75, 3.05) is 24.0 Å². The molecule has 0 radical (unpaired) electrons. The highest BCUT2D eigenvalue weighted by Gasteiger charge is 2.70. The number of benzene rings is 5. The number of halogens is 1. The Morgan fingerprint density at radius 1 is 0.787 bits per heavy atom. The van der Waals surface area contributed by atoms with Gasteiger partial charge in [0.25, 0.3) is 0 Å². The first-order chi connectivity index (χ1) is 29.6. The second kappa shape index (κ2) is 15.7. The Morgan fingerprint density at radius 2 is 1.56 bits per heavy atom. The number of amides is 4. The largest absolute Gasteiger partial charge is 0.507 e. The molecule has 10 heteroatoms. The average Bonchev–Trinajstić information content (AvgIpc) is 3.67. The first-order valence-electron chi connectivity index (χ1n) is 20.3. The van der Waals surface area contributed by atoms with Crippen molar-refractivity contribution in [3.05, 3.63) is 172 Å². The summed E-state index contributed by atoms with van der Waals surface area (Å²) in [5.41, 5.74) is 3.41. The number of aromatic hydroxyl groups is 1. The van der Waals surface area contributed by atoms with Crippen molar-refractivity contribution in [1.29, 1.82) is 0 Å². The van der Waals surface area contributed by atoms with Gasteiger partial charge in [0.1, 0.15) is 17.2 Å². The lowest BCUT2D eigenvalue weighted by Crippen LogP contribution is -2.53. The van der Waals surface area contributed by atoms with Gasteiger partial charge < -0.3 is 14.6 Å². The number of nitrogens with zero attached hydrogens (tertiary/aromatic N) is 2. The third kappa shape index (κ3) is 6.29. The molecule has 0 unspecified atom stereocenters. The predicted molar refractivity (Wildman–Crippen MR) is 235 cm³/mol. The first-order valence-corrected chi connectivity index (χ1v) is 20.7. The van der Waals surface area contributed by atoms with E-state index in [9.17, 15) is 14.7 Å². The van der Waals surface area contributed by atoms with E-state index >= 15 is 9.59 Å². The van der Waals surface area contributed by atoms with Crippen LogP contribution in [0.2, 0.25) is 5.02 Å². The van der Waals surface area contributed by atoms with Crippen LogP contribution >= 0.6 is 11.6 Å². The number of phenols is 1. The molecule has 0 bridgehead atoms. The molecular formula is C51H43ClN2O7. The summed E-state index contributed by atoms with van der Waals surface area (Å²) in [6.07, 6.45) is 8.27. The molecule has 2 aliphatic heterocycles. The maximum atomic E-state index is 15.6. The number of imide groups is 2. The lowest BCUT2D eigenvalue weighted by molar-refractivity contribution is -0.127. The van der Waals surface area contributed by atoms with Crippen LogP contribution in [-0.2, 0) is 31.0 Å². The Bertz CT molecular complexity index is 2670. The van der Waals surface area contributed by atoms with Gasteiger partial charge in [0, 0.05) is 22.1 Å². The van der Waals surface area contributed by atoms with Crippen LogP contribution in [-0.4, -0.2) is 43.0 Å². The molecular weight excluding hydrogens is 788 g/mol. The fourth-order valence-electron chi connectivity index (χ4n) is 10.4. The molecule has 306 valence electrons. The molecule has 2 heterocycles. The molecule has 0 spiro atoms. The Balaban J connectivity index is 1.14. The molecule has 4 aliphatic rings. The number of allylic oxidation sites excluding steroid dienone is 3. The molecule has 5 aromatic rings. The summed E-state index contributed by atoms with van der Waals surface area (Å²) in [5.74, 6) is -4.04. The molecule has 4 amide bonds. The SMILES string of the molecule is C=CCc1cccc([C@H]2C3=CC[C@@H]4C(=O)N(c5ccc(C=Cc6cc(OC)ccc6OC)cc5)C(=O)[C@@H]4[C@@H]3C[C@H]3C(=O)N(c4cccc(Cl)c4)C(=O)[C@@]23c2ccccc2)c1O. The van der Waals surface area contributed by atoms with E-state index in [0.717, 1.165) is 16.7 Å². The highest BCUT2D eigenvalue weighted by molar-refractivity contribution is 6.32. The monoisotopic (exact) mass is 830 g/mol. The van der Waals surface area contributed by atoms with E-state index in [0.29, 0.717) is 51.0 Å². The fourth-order valence-corrected chi connectivity index (χ4v) is 10.6. The average molecular weight is 831 g/mol. The van der Waals surface area contributed by atoms with Crippen LogP contribution in [0.15, 0.2) is 140 Å². The summed E-state index contributed by atoms with van der Waals surface area (Å²) in [5, 5.41) is 12.5. The standard InChI is InChI=1S/C51H43ClN2O7/c1-4-10-31-11-8-16-40(46(31)55)45-38-24-25-39-44(49(58)53(47(39)56)35-21-18-30(19-22-35)17-20-32-27-37(60-2)23-26-43(32)61-3)41(38)29-42-48(57)54(36-15-9-14-34(52)28-36)50(59)51(42,45)33-12-6-5-7-13-33/h4-9,11-24,26-28,39,41-42,44-45,55H,1,10,25,29H2,2-3H3/t39-,41+,42-,44-,45+,51+/m0/s1. The Labute approximate surface area is 359 Å². The zero-order valence-corrected chi connectivity index (χ0v) is 34.4. The van der Waals surface area contributed by atoms with Crippen molar-refractivity contribution in [3.63, 3.8) is 0 Å². The molecule has 1 saturated carbocycles. The molecule has 9 nitrogen and oxygen atoms in total. The molecule has 3 fully saturated rings.